The summed E-state index contributed by atoms with van der Waals surface area (Å²) in [6.45, 7) is 1.58. The number of ether oxygens (including phenoxy) is 1. The molecule has 1 unspecified atom stereocenters. The first-order valence-corrected chi connectivity index (χ1v) is 7.44. The largest absolute Gasteiger partial charge is 0.439 e. The van der Waals surface area contributed by atoms with Gasteiger partial charge >= 0.3 is 6.09 Å². The van der Waals surface area contributed by atoms with E-state index in [1.807, 2.05) is 0 Å². The number of hydrogen-bond acceptors (Lipinski definition) is 5. The van der Waals surface area contributed by atoms with Crippen LogP contribution in [0.5, 0.6) is 0 Å². The van der Waals surface area contributed by atoms with E-state index in [-0.39, 0.29) is 21.8 Å². The van der Waals surface area contributed by atoms with Crippen molar-refractivity contribution in [1.29, 1.82) is 0 Å². The van der Waals surface area contributed by atoms with Gasteiger partial charge in [0, 0.05) is 6.20 Å². The lowest BCUT2D eigenvalue weighted by molar-refractivity contribution is 0.110. The van der Waals surface area contributed by atoms with Gasteiger partial charge < -0.3 is 10.5 Å². The van der Waals surface area contributed by atoms with Gasteiger partial charge in [-0.25, -0.2) is 9.78 Å². The van der Waals surface area contributed by atoms with Crippen molar-refractivity contribution >= 4 is 28.6 Å². The number of rotatable bonds is 3. The zero-order chi connectivity index (χ0) is 17.3. The predicted molar refractivity (Wildman–Crippen MR) is 89.2 cm³/mol. The zero-order valence-corrected chi connectivity index (χ0v) is 13.4. The Bertz CT molecular complexity index is 972. The number of fused-ring (bicyclic) bond motifs is 1. The third-order valence-corrected chi connectivity index (χ3v) is 3.75. The van der Waals surface area contributed by atoms with Crippen LogP contribution in [0, 0.1) is 0 Å². The van der Waals surface area contributed by atoms with Crippen molar-refractivity contribution in [3.63, 3.8) is 0 Å². The van der Waals surface area contributed by atoms with Gasteiger partial charge in [-0.3, -0.25) is 14.3 Å². The van der Waals surface area contributed by atoms with Crippen molar-refractivity contribution in [3.05, 3.63) is 63.9 Å². The van der Waals surface area contributed by atoms with E-state index in [1.165, 1.54) is 10.8 Å². The average molecular weight is 345 g/mol. The quantitative estimate of drug-likeness (QED) is 0.787. The first-order chi connectivity index (χ1) is 11.5. The number of halogens is 1. The van der Waals surface area contributed by atoms with Crippen LogP contribution in [0.1, 0.15) is 18.9 Å². The lowest BCUT2D eigenvalue weighted by atomic mass is 10.2. The number of aromatic nitrogens is 3. The number of benzene rings is 1. The molecule has 7 nitrogen and oxygen atoms in total. The first-order valence-electron chi connectivity index (χ1n) is 7.06. The highest BCUT2D eigenvalue weighted by Crippen LogP contribution is 2.23. The Kier molecular flexibility index (Phi) is 4.18. The Hall–Kier alpha value is -2.93. The fourth-order valence-electron chi connectivity index (χ4n) is 2.44. The van der Waals surface area contributed by atoms with Gasteiger partial charge in [-0.1, -0.05) is 17.7 Å². The molecule has 0 saturated heterocycles. The summed E-state index contributed by atoms with van der Waals surface area (Å²) in [6.07, 6.45) is 1.30. The molecule has 8 heteroatoms. The Morgan fingerprint density at radius 3 is 2.79 bits per heavy atom. The summed E-state index contributed by atoms with van der Waals surface area (Å²) < 4.78 is 6.31. The highest BCUT2D eigenvalue weighted by molar-refractivity contribution is 6.35. The van der Waals surface area contributed by atoms with Gasteiger partial charge in [-0.15, -0.1) is 0 Å². The molecular formula is C16H13ClN4O3. The van der Waals surface area contributed by atoms with E-state index < -0.39 is 12.2 Å². The molecular weight excluding hydrogens is 332 g/mol. The van der Waals surface area contributed by atoms with Crippen LogP contribution in [0.15, 0.2) is 47.5 Å². The van der Waals surface area contributed by atoms with Crippen LogP contribution in [0.4, 0.5) is 4.79 Å². The van der Waals surface area contributed by atoms with Gasteiger partial charge in [0.1, 0.15) is 0 Å². The minimum absolute atomic E-state index is 0.224. The Morgan fingerprint density at radius 1 is 1.33 bits per heavy atom. The SMILES string of the molecule is CC(OC(N)=O)c1nc2cccc(Cl)c2c(=O)n1-c1cccnc1. The van der Waals surface area contributed by atoms with Crippen LogP contribution < -0.4 is 11.3 Å². The molecule has 0 aliphatic rings. The van der Waals surface area contributed by atoms with Crippen molar-refractivity contribution in [1.82, 2.24) is 14.5 Å². The average Bonchev–Trinajstić information content (AvgIpc) is 2.54. The van der Waals surface area contributed by atoms with E-state index in [4.69, 9.17) is 22.1 Å². The summed E-state index contributed by atoms with van der Waals surface area (Å²) in [7, 11) is 0. The summed E-state index contributed by atoms with van der Waals surface area (Å²) in [6, 6.07) is 8.34. The number of hydrogen-bond donors (Lipinski definition) is 1. The van der Waals surface area contributed by atoms with E-state index in [0.717, 1.165) is 0 Å². The van der Waals surface area contributed by atoms with Gasteiger partial charge in [-0.05, 0) is 31.2 Å². The number of nitrogens with zero attached hydrogens (tertiary/aromatic N) is 3. The second-order valence-corrected chi connectivity index (χ2v) is 5.44. The number of carbonyl (C=O) groups excluding carboxylic acids is 1. The van der Waals surface area contributed by atoms with Crippen LogP contribution in [-0.4, -0.2) is 20.6 Å². The van der Waals surface area contributed by atoms with Crippen LogP contribution >= 0.6 is 11.6 Å². The standard InChI is InChI=1S/C16H13ClN4O3/c1-9(24-16(18)23)14-20-12-6-2-5-11(17)13(12)15(22)21(14)10-4-3-7-19-8-10/h2-9H,1H3,(H2,18,23). The second-order valence-electron chi connectivity index (χ2n) is 5.03. The zero-order valence-electron chi connectivity index (χ0n) is 12.6. The summed E-state index contributed by atoms with van der Waals surface area (Å²) in [5, 5.41) is 0.565. The molecule has 0 aliphatic heterocycles. The molecule has 0 aliphatic carbocycles. The molecule has 3 rings (SSSR count). The molecule has 24 heavy (non-hydrogen) atoms. The molecule has 0 bridgehead atoms. The molecule has 2 N–H and O–H groups in total. The van der Waals surface area contributed by atoms with Crippen LogP contribution in [0.3, 0.4) is 0 Å². The monoisotopic (exact) mass is 344 g/mol. The molecule has 2 heterocycles. The number of pyridine rings is 1. The molecule has 2 aromatic heterocycles. The summed E-state index contributed by atoms with van der Waals surface area (Å²) in [5.41, 5.74) is 5.59. The van der Waals surface area contributed by atoms with E-state index >= 15 is 0 Å². The smallest absolute Gasteiger partial charge is 0.405 e. The van der Waals surface area contributed by atoms with E-state index in [9.17, 15) is 9.59 Å². The molecule has 0 saturated carbocycles. The van der Waals surface area contributed by atoms with Gasteiger partial charge in [0.25, 0.3) is 5.56 Å². The molecule has 0 fully saturated rings. The fourth-order valence-corrected chi connectivity index (χ4v) is 2.69. The van der Waals surface area contributed by atoms with Crippen molar-refractivity contribution in [2.45, 2.75) is 13.0 Å². The van der Waals surface area contributed by atoms with Crippen molar-refractivity contribution < 1.29 is 9.53 Å². The molecule has 0 radical (unpaired) electrons. The van der Waals surface area contributed by atoms with Gasteiger partial charge in [-0.2, -0.15) is 0 Å². The minimum Gasteiger partial charge on any atom is -0.439 e. The Labute approximate surface area is 141 Å². The van der Waals surface area contributed by atoms with Crippen LogP contribution in [-0.2, 0) is 4.74 Å². The van der Waals surface area contributed by atoms with Gasteiger partial charge in [0.15, 0.2) is 11.9 Å². The first kappa shape index (κ1) is 15.9. The summed E-state index contributed by atoms with van der Waals surface area (Å²) >= 11 is 6.16. The van der Waals surface area contributed by atoms with Crippen molar-refractivity contribution in [2.75, 3.05) is 0 Å². The third kappa shape index (κ3) is 2.81. The Morgan fingerprint density at radius 2 is 2.12 bits per heavy atom. The van der Waals surface area contributed by atoms with E-state index in [1.54, 1.807) is 43.5 Å². The lowest BCUT2D eigenvalue weighted by Crippen LogP contribution is -2.27. The minimum atomic E-state index is -0.958. The molecule has 1 aromatic carbocycles. The number of carbonyl (C=O) groups is 1. The van der Waals surface area contributed by atoms with Crippen molar-refractivity contribution in [2.24, 2.45) is 5.73 Å². The maximum atomic E-state index is 13.0. The maximum absolute atomic E-state index is 13.0. The summed E-state index contributed by atoms with van der Waals surface area (Å²) in [5.74, 6) is 0.224. The number of nitrogens with two attached hydrogens (primary N) is 1. The summed E-state index contributed by atoms with van der Waals surface area (Å²) in [4.78, 5) is 32.5. The van der Waals surface area contributed by atoms with Crippen LogP contribution in [0.25, 0.3) is 16.6 Å². The molecule has 1 amide bonds. The second kappa shape index (κ2) is 6.29. The number of amides is 1. The third-order valence-electron chi connectivity index (χ3n) is 3.43. The predicted octanol–water partition coefficient (Wildman–Crippen LogP) is 2.59. The number of primary amides is 1. The highest BCUT2D eigenvalue weighted by atomic mass is 35.5. The topological polar surface area (TPSA) is 100 Å². The lowest BCUT2D eigenvalue weighted by Gasteiger charge is -2.18. The van der Waals surface area contributed by atoms with Gasteiger partial charge in [0.05, 0.1) is 27.8 Å². The Balaban J connectivity index is 2.37. The molecule has 3 aromatic rings. The van der Waals surface area contributed by atoms with Crippen LogP contribution in [0.2, 0.25) is 5.02 Å². The highest BCUT2D eigenvalue weighted by Gasteiger charge is 2.21. The van der Waals surface area contributed by atoms with E-state index in [0.29, 0.717) is 11.2 Å². The molecule has 1 atom stereocenters. The normalized spacial score (nSPS) is 12.1. The van der Waals surface area contributed by atoms with Gasteiger partial charge in [0.2, 0.25) is 0 Å². The molecule has 0 spiro atoms. The van der Waals surface area contributed by atoms with Crippen molar-refractivity contribution in [3.8, 4) is 5.69 Å². The van der Waals surface area contributed by atoms with E-state index in [2.05, 4.69) is 9.97 Å². The fraction of sp³-hybridized carbons (Fsp3) is 0.125. The molecule has 122 valence electrons. The maximum Gasteiger partial charge on any atom is 0.405 e.